The SMILES string of the molecule is CCN(C(=O)CCc1nnc(-c2ccccc2OC)o1)C1CCS(=O)(=O)C1. The Labute approximate surface area is 158 Å². The van der Waals surface area contributed by atoms with Crippen molar-refractivity contribution in [1.82, 2.24) is 15.1 Å². The van der Waals surface area contributed by atoms with Crippen molar-refractivity contribution in [2.45, 2.75) is 32.2 Å². The lowest BCUT2D eigenvalue weighted by Crippen LogP contribution is -2.41. The second-order valence-corrected chi connectivity index (χ2v) is 8.67. The fourth-order valence-corrected chi connectivity index (χ4v) is 5.03. The van der Waals surface area contributed by atoms with Gasteiger partial charge in [-0.1, -0.05) is 12.1 Å². The maximum atomic E-state index is 12.5. The van der Waals surface area contributed by atoms with Crippen molar-refractivity contribution in [3.8, 4) is 17.2 Å². The third-order valence-corrected chi connectivity index (χ3v) is 6.42. The van der Waals surface area contributed by atoms with Gasteiger partial charge in [-0.05, 0) is 25.5 Å². The van der Waals surface area contributed by atoms with E-state index in [2.05, 4.69) is 10.2 Å². The summed E-state index contributed by atoms with van der Waals surface area (Å²) in [5.41, 5.74) is 0.691. The Morgan fingerprint density at radius 3 is 2.78 bits per heavy atom. The molecule has 0 aliphatic carbocycles. The molecule has 0 bridgehead atoms. The van der Waals surface area contributed by atoms with E-state index in [4.69, 9.17) is 9.15 Å². The summed E-state index contributed by atoms with van der Waals surface area (Å²) < 4.78 is 34.3. The molecule has 1 aromatic carbocycles. The van der Waals surface area contributed by atoms with E-state index >= 15 is 0 Å². The molecule has 27 heavy (non-hydrogen) atoms. The summed E-state index contributed by atoms with van der Waals surface area (Å²) in [5, 5.41) is 8.04. The van der Waals surface area contributed by atoms with Gasteiger partial charge in [-0.2, -0.15) is 0 Å². The molecule has 0 saturated carbocycles. The summed E-state index contributed by atoms with van der Waals surface area (Å²) in [4.78, 5) is 14.2. The maximum Gasteiger partial charge on any atom is 0.251 e. The van der Waals surface area contributed by atoms with Gasteiger partial charge in [-0.25, -0.2) is 8.42 Å². The first-order valence-corrected chi connectivity index (χ1v) is 10.7. The highest BCUT2D eigenvalue weighted by molar-refractivity contribution is 7.91. The summed E-state index contributed by atoms with van der Waals surface area (Å²) in [6, 6.07) is 7.08. The Morgan fingerprint density at radius 2 is 2.11 bits per heavy atom. The van der Waals surface area contributed by atoms with Crippen LogP contribution in [0.3, 0.4) is 0 Å². The van der Waals surface area contributed by atoms with Crippen LogP contribution in [0, 0.1) is 0 Å². The van der Waals surface area contributed by atoms with E-state index in [9.17, 15) is 13.2 Å². The Morgan fingerprint density at radius 1 is 1.33 bits per heavy atom. The third kappa shape index (κ3) is 4.47. The van der Waals surface area contributed by atoms with Gasteiger partial charge in [0.2, 0.25) is 11.8 Å². The molecule has 0 radical (unpaired) electrons. The molecule has 1 fully saturated rings. The van der Waals surface area contributed by atoms with Crippen molar-refractivity contribution in [3.63, 3.8) is 0 Å². The number of para-hydroxylation sites is 1. The van der Waals surface area contributed by atoms with Crippen LogP contribution < -0.4 is 4.74 Å². The summed E-state index contributed by atoms with van der Waals surface area (Å²) >= 11 is 0. The molecule has 0 spiro atoms. The largest absolute Gasteiger partial charge is 0.496 e. The van der Waals surface area contributed by atoms with Gasteiger partial charge in [0, 0.05) is 25.4 Å². The van der Waals surface area contributed by atoms with Crippen molar-refractivity contribution in [2.24, 2.45) is 0 Å². The van der Waals surface area contributed by atoms with E-state index in [-0.39, 0.29) is 29.9 Å². The standard InChI is InChI=1S/C18H23N3O5S/c1-3-21(13-10-11-27(23,24)12-13)17(22)9-8-16-19-20-18(26-16)14-6-4-5-7-15(14)25-2/h4-7,13H,3,8-12H2,1-2H3. The van der Waals surface area contributed by atoms with Crippen LogP contribution in [0.25, 0.3) is 11.5 Å². The number of nitrogens with zero attached hydrogens (tertiary/aromatic N) is 3. The van der Waals surface area contributed by atoms with Crippen LogP contribution in [0.15, 0.2) is 28.7 Å². The van der Waals surface area contributed by atoms with Crippen LogP contribution in [-0.2, 0) is 21.1 Å². The number of benzene rings is 1. The first kappa shape index (κ1) is 19.3. The Balaban J connectivity index is 1.63. The van der Waals surface area contributed by atoms with Crippen LogP contribution in [0.1, 0.15) is 25.7 Å². The molecule has 2 heterocycles. The van der Waals surface area contributed by atoms with Gasteiger partial charge in [0.05, 0.1) is 24.2 Å². The summed E-state index contributed by atoms with van der Waals surface area (Å²) in [5.74, 6) is 1.42. The number of amides is 1. The van der Waals surface area contributed by atoms with Gasteiger partial charge in [0.25, 0.3) is 5.89 Å². The molecule has 1 aromatic heterocycles. The smallest absolute Gasteiger partial charge is 0.251 e. The molecular formula is C18H23N3O5S. The number of hydrogen-bond donors (Lipinski definition) is 0. The lowest BCUT2D eigenvalue weighted by molar-refractivity contribution is -0.132. The number of methoxy groups -OCH3 is 1. The molecular weight excluding hydrogens is 370 g/mol. The van der Waals surface area contributed by atoms with E-state index in [1.54, 1.807) is 18.1 Å². The Bertz CT molecular complexity index is 909. The van der Waals surface area contributed by atoms with Crippen molar-refractivity contribution in [3.05, 3.63) is 30.2 Å². The van der Waals surface area contributed by atoms with Crippen LogP contribution in [-0.4, -0.2) is 60.6 Å². The van der Waals surface area contributed by atoms with Crippen LogP contribution in [0.5, 0.6) is 5.75 Å². The maximum absolute atomic E-state index is 12.5. The summed E-state index contributed by atoms with van der Waals surface area (Å²) in [6.45, 7) is 2.34. The molecule has 1 amide bonds. The number of carbonyl (C=O) groups excluding carboxylic acids is 1. The number of aromatic nitrogens is 2. The van der Waals surface area contributed by atoms with Gasteiger partial charge in [0.15, 0.2) is 9.84 Å². The minimum absolute atomic E-state index is 0.0467. The molecule has 1 atom stereocenters. The molecule has 146 valence electrons. The second kappa shape index (κ2) is 8.08. The van der Waals surface area contributed by atoms with Crippen molar-refractivity contribution >= 4 is 15.7 Å². The molecule has 0 N–H and O–H groups in total. The monoisotopic (exact) mass is 393 g/mol. The fourth-order valence-electron chi connectivity index (χ4n) is 3.30. The summed E-state index contributed by atoms with van der Waals surface area (Å²) in [7, 11) is -1.46. The number of ether oxygens (including phenoxy) is 1. The average molecular weight is 393 g/mol. The van der Waals surface area contributed by atoms with Crippen LogP contribution >= 0.6 is 0 Å². The number of sulfone groups is 1. The first-order chi connectivity index (χ1) is 12.9. The average Bonchev–Trinajstić information content (AvgIpc) is 3.27. The highest BCUT2D eigenvalue weighted by Crippen LogP contribution is 2.28. The highest BCUT2D eigenvalue weighted by Gasteiger charge is 2.33. The van der Waals surface area contributed by atoms with Gasteiger partial charge >= 0.3 is 0 Å². The van der Waals surface area contributed by atoms with Crippen molar-refractivity contribution in [1.29, 1.82) is 0 Å². The molecule has 1 unspecified atom stereocenters. The number of carbonyl (C=O) groups is 1. The van der Waals surface area contributed by atoms with Gasteiger partial charge in [0.1, 0.15) is 5.75 Å². The van der Waals surface area contributed by atoms with Gasteiger partial charge < -0.3 is 14.1 Å². The fraction of sp³-hybridized carbons (Fsp3) is 0.500. The molecule has 3 rings (SSSR count). The zero-order valence-electron chi connectivity index (χ0n) is 15.4. The summed E-state index contributed by atoms with van der Waals surface area (Å²) in [6.07, 6.45) is 0.995. The topological polar surface area (TPSA) is 103 Å². The predicted molar refractivity (Wildman–Crippen MR) is 99.1 cm³/mol. The van der Waals surface area contributed by atoms with E-state index in [1.165, 1.54) is 0 Å². The molecule has 8 nitrogen and oxygen atoms in total. The third-order valence-electron chi connectivity index (χ3n) is 4.67. The van der Waals surface area contributed by atoms with E-state index in [0.717, 1.165) is 0 Å². The van der Waals surface area contributed by atoms with Crippen LogP contribution in [0.2, 0.25) is 0 Å². The first-order valence-electron chi connectivity index (χ1n) is 8.89. The lowest BCUT2D eigenvalue weighted by atomic mass is 10.2. The highest BCUT2D eigenvalue weighted by atomic mass is 32.2. The minimum Gasteiger partial charge on any atom is -0.496 e. The molecule has 1 saturated heterocycles. The zero-order chi connectivity index (χ0) is 19.4. The molecule has 9 heteroatoms. The van der Waals surface area contributed by atoms with Crippen LogP contribution in [0.4, 0.5) is 0 Å². The molecule has 2 aromatic rings. The van der Waals surface area contributed by atoms with Crippen molar-refractivity contribution < 1.29 is 22.4 Å². The second-order valence-electron chi connectivity index (χ2n) is 6.44. The minimum atomic E-state index is -3.03. The number of rotatable bonds is 7. The van der Waals surface area contributed by atoms with E-state index in [0.29, 0.717) is 42.5 Å². The quantitative estimate of drug-likeness (QED) is 0.705. The Hall–Kier alpha value is -2.42. The van der Waals surface area contributed by atoms with Gasteiger partial charge in [-0.15, -0.1) is 10.2 Å². The normalized spacial score (nSPS) is 18.4. The van der Waals surface area contributed by atoms with E-state index in [1.807, 2.05) is 25.1 Å². The van der Waals surface area contributed by atoms with Gasteiger partial charge in [-0.3, -0.25) is 4.79 Å². The molecule has 1 aliphatic rings. The Kier molecular flexibility index (Phi) is 5.79. The molecule has 1 aliphatic heterocycles. The zero-order valence-corrected chi connectivity index (χ0v) is 16.2. The van der Waals surface area contributed by atoms with Crippen molar-refractivity contribution in [2.75, 3.05) is 25.2 Å². The predicted octanol–water partition coefficient (Wildman–Crippen LogP) is 1.71. The number of hydrogen-bond acceptors (Lipinski definition) is 7. The van der Waals surface area contributed by atoms with E-state index < -0.39 is 9.84 Å². The lowest BCUT2D eigenvalue weighted by Gasteiger charge is -2.26. The number of aryl methyl sites for hydroxylation is 1.